The molecule has 0 saturated heterocycles. The first-order chi connectivity index (χ1) is 26.3. The molecule has 248 valence electrons. The summed E-state index contributed by atoms with van der Waals surface area (Å²) < 4.78 is 11.1. The minimum Gasteiger partial charge on any atom is -0.456 e. The largest absolute Gasteiger partial charge is 0.456 e. The van der Waals surface area contributed by atoms with Crippen LogP contribution >= 0.6 is 0 Å². The second-order valence-corrected chi connectivity index (χ2v) is 13.6. The standard InChI is InChI=1S/C49H31N3O/c1-3-12-33(13-4-1)49-50-42-18-8-10-20-45(42)52(49)37-26-22-32(23-27-37)38-17-11-21-47-48(38)41-31-35(25-29-46(41)53-47)34-24-28-44-40(30-34)39-16-7-9-19-43(39)51(44)36-14-5-2-6-15-36/h1-31H. The Morgan fingerprint density at radius 3 is 1.85 bits per heavy atom. The van der Waals surface area contributed by atoms with Crippen LogP contribution in [0, 0.1) is 0 Å². The highest BCUT2D eigenvalue weighted by Crippen LogP contribution is 2.40. The third kappa shape index (κ3) is 4.66. The van der Waals surface area contributed by atoms with Gasteiger partial charge in [-0.05, 0) is 95.1 Å². The summed E-state index contributed by atoms with van der Waals surface area (Å²) in [7, 11) is 0. The molecule has 0 atom stereocenters. The second kappa shape index (κ2) is 11.7. The van der Waals surface area contributed by atoms with Gasteiger partial charge in [0.15, 0.2) is 0 Å². The molecule has 11 aromatic rings. The van der Waals surface area contributed by atoms with Gasteiger partial charge < -0.3 is 8.98 Å². The van der Waals surface area contributed by atoms with Crippen molar-refractivity contribution < 1.29 is 4.42 Å². The molecule has 0 fully saturated rings. The molecule has 0 aliphatic heterocycles. The normalized spacial score (nSPS) is 11.8. The monoisotopic (exact) mass is 677 g/mol. The van der Waals surface area contributed by atoms with Crippen LogP contribution in [0.25, 0.3) is 99.8 Å². The second-order valence-electron chi connectivity index (χ2n) is 13.6. The van der Waals surface area contributed by atoms with E-state index in [1.807, 2.05) is 12.1 Å². The number of nitrogens with zero attached hydrogens (tertiary/aromatic N) is 3. The molecule has 11 rings (SSSR count). The number of aromatic nitrogens is 3. The summed E-state index contributed by atoms with van der Waals surface area (Å²) in [5, 5.41) is 4.71. The van der Waals surface area contributed by atoms with Crippen molar-refractivity contribution in [3.63, 3.8) is 0 Å². The van der Waals surface area contributed by atoms with Gasteiger partial charge in [0.1, 0.15) is 17.0 Å². The predicted molar refractivity (Wildman–Crippen MR) is 219 cm³/mol. The van der Waals surface area contributed by atoms with E-state index < -0.39 is 0 Å². The number of hydrogen-bond acceptors (Lipinski definition) is 2. The van der Waals surface area contributed by atoms with Crippen LogP contribution in [0.1, 0.15) is 0 Å². The molecule has 8 aromatic carbocycles. The molecule has 53 heavy (non-hydrogen) atoms. The van der Waals surface area contributed by atoms with E-state index in [9.17, 15) is 0 Å². The summed E-state index contributed by atoms with van der Waals surface area (Å²) in [5.74, 6) is 0.929. The lowest BCUT2D eigenvalue weighted by molar-refractivity contribution is 0.669. The molecule has 0 spiro atoms. The van der Waals surface area contributed by atoms with E-state index in [0.29, 0.717) is 0 Å². The van der Waals surface area contributed by atoms with Crippen molar-refractivity contribution >= 4 is 54.8 Å². The Labute approximate surface area is 305 Å². The van der Waals surface area contributed by atoms with E-state index in [-0.39, 0.29) is 0 Å². The van der Waals surface area contributed by atoms with Gasteiger partial charge in [-0.3, -0.25) is 4.57 Å². The zero-order valence-electron chi connectivity index (χ0n) is 28.6. The number of para-hydroxylation sites is 4. The van der Waals surface area contributed by atoms with Crippen LogP contribution < -0.4 is 0 Å². The van der Waals surface area contributed by atoms with Gasteiger partial charge >= 0.3 is 0 Å². The number of benzene rings is 8. The van der Waals surface area contributed by atoms with Crippen molar-refractivity contribution in [3.8, 4) is 45.0 Å². The molecule has 0 unspecified atom stereocenters. The van der Waals surface area contributed by atoms with Gasteiger partial charge in [0.2, 0.25) is 0 Å². The lowest BCUT2D eigenvalue weighted by Crippen LogP contribution is -1.97. The lowest BCUT2D eigenvalue weighted by atomic mass is 9.96. The smallest absolute Gasteiger partial charge is 0.145 e. The summed E-state index contributed by atoms with van der Waals surface area (Å²) in [6.45, 7) is 0. The maximum Gasteiger partial charge on any atom is 0.145 e. The predicted octanol–water partition coefficient (Wildman–Crippen LogP) is 13.0. The van der Waals surface area contributed by atoms with E-state index in [1.165, 1.54) is 27.4 Å². The topological polar surface area (TPSA) is 35.9 Å². The first-order valence-corrected chi connectivity index (χ1v) is 18.0. The Hall–Kier alpha value is -7.17. The van der Waals surface area contributed by atoms with E-state index in [1.54, 1.807) is 0 Å². The molecule has 0 aliphatic carbocycles. The molecule has 4 nitrogen and oxygen atoms in total. The molecule has 0 aliphatic rings. The zero-order chi connectivity index (χ0) is 34.9. The first kappa shape index (κ1) is 29.5. The highest BCUT2D eigenvalue weighted by molar-refractivity contribution is 6.14. The first-order valence-electron chi connectivity index (χ1n) is 18.0. The van der Waals surface area contributed by atoms with E-state index in [0.717, 1.165) is 72.4 Å². The third-order valence-corrected chi connectivity index (χ3v) is 10.5. The minimum atomic E-state index is 0.881. The molecule has 3 heterocycles. The Morgan fingerprint density at radius 1 is 0.377 bits per heavy atom. The average Bonchev–Trinajstić information content (AvgIpc) is 3.91. The number of hydrogen-bond donors (Lipinski definition) is 0. The van der Waals surface area contributed by atoms with Crippen LogP contribution in [0.3, 0.4) is 0 Å². The summed E-state index contributed by atoms with van der Waals surface area (Å²) in [6.07, 6.45) is 0. The molecule has 0 bridgehead atoms. The number of rotatable bonds is 5. The van der Waals surface area contributed by atoms with Crippen molar-refractivity contribution in [1.29, 1.82) is 0 Å². The van der Waals surface area contributed by atoms with Crippen LogP contribution in [-0.4, -0.2) is 14.1 Å². The Morgan fingerprint density at radius 2 is 1.02 bits per heavy atom. The van der Waals surface area contributed by atoms with Gasteiger partial charge in [0.05, 0.1) is 22.1 Å². The quantitative estimate of drug-likeness (QED) is 0.182. The number of furan rings is 1. The molecule has 0 saturated carbocycles. The third-order valence-electron chi connectivity index (χ3n) is 10.5. The average molecular weight is 678 g/mol. The maximum atomic E-state index is 6.47. The van der Waals surface area contributed by atoms with Crippen molar-refractivity contribution in [2.24, 2.45) is 0 Å². The van der Waals surface area contributed by atoms with Crippen LogP contribution in [0.2, 0.25) is 0 Å². The van der Waals surface area contributed by atoms with Gasteiger partial charge in [0.25, 0.3) is 0 Å². The summed E-state index contributed by atoms with van der Waals surface area (Å²) in [5.41, 5.74) is 14.1. The fraction of sp³-hybridized carbons (Fsp3) is 0. The highest BCUT2D eigenvalue weighted by atomic mass is 16.3. The molecular weight excluding hydrogens is 647 g/mol. The van der Waals surface area contributed by atoms with Gasteiger partial charge in [-0.2, -0.15) is 0 Å². The van der Waals surface area contributed by atoms with Crippen LogP contribution in [-0.2, 0) is 0 Å². The van der Waals surface area contributed by atoms with Crippen LogP contribution in [0.5, 0.6) is 0 Å². The van der Waals surface area contributed by atoms with Gasteiger partial charge in [-0.1, -0.05) is 115 Å². The molecule has 0 amide bonds. The fourth-order valence-corrected chi connectivity index (χ4v) is 8.11. The molecule has 0 radical (unpaired) electrons. The summed E-state index contributed by atoms with van der Waals surface area (Å²) in [4.78, 5) is 5.04. The zero-order valence-corrected chi connectivity index (χ0v) is 28.6. The Bertz CT molecular complexity index is 3150. The van der Waals surface area contributed by atoms with E-state index >= 15 is 0 Å². The van der Waals surface area contributed by atoms with Crippen molar-refractivity contribution in [1.82, 2.24) is 14.1 Å². The van der Waals surface area contributed by atoms with Crippen molar-refractivity contribution in [3.05, 3.63) is 188 Å². The SMILES string of the molecule is c1ccc(-c2nc3ccccc3n2-c2ccc(-c3cccc4oc5ccc(-c6ccc7c(c6)c6ccccc6n7-c6ccccc6)cc5c34)cc2)cc1. The van der Waals surface area contributed by atoms with Gasteiger partial charge in [-0.25, -0.2) is 4.98 Å². The van der Waals surface area contributed by atoms with Crippen LogP contribution in [0.15, 0.2) is 192 Å². The maximum absolute atomic E-state index is 6.47. The van der Waals surface area contributed by atoms with E-state index in [2.05, 4.69) is 185 Å². The number of imidazole rings is 1. The lowest BCUT2D eigenvalue weighted by Gasteiger charge is -2.11. The Balaban J connectivity index is 1.03. The van der Waals surface area contributed by atoms with Gasteiger partial charge in [-0.15, -0.1) is 0 Å². The molecule has 4 heteroatoms. The fourth-order valence-electron chi connectivity index (χ4n) is 8.11. The highest BCUT2D eigenvalue weighted by Gasteiger charge is 2.18. The number of fused-ring (bicyclic) bond motifs is 7. The van der Waals surface area contributed by atoms with E-state index in [4.69, 9.17) is 9.40 Å². The van der Waals surface area contributed by atoms with Crippen molar-refractivity contribution in [2.75, 3.05) is 0 Å². The summed E-state index contributed by atoms with van der Waals surface area (Å²) in [6, 6.07) is 66.6. The molecule has 0 N–H and O–H groups in total. The minimum absolute atomic E-state index is 0.881. The van der Waals surface area contributed by atoms with Crippen LogP contribution in [0.4, 0.5) is 0 Å². The summed E-state index contributed by atoms with van der Waals surface area (Å²) >= 11 is 0. The van der Waals surface area contributed by atoms with Gasteiger partial charge in [0, 0.05) is 38.5 Å². The molecule has 3 aromatic heterocycles. The Kier molecular flexibility index (Phi) is 6.52. The molecular formula is C49H31N3O. The van der Waals surface area contributed by atoms with Crippen molar-refractivity contribution in [2.45, 2.75) is 0 Å².